The molecule has 122 valence electrons. The van der Waals surface area contributed by atoms with Crippen LogP contribution >= 0.6 is 57.4 Å². The zero-order valence-electron chi connectivity index (χ0n) is 12.6. The Bertz CT molecular complexity index is 666. The summed E-state index contributed by atoms with van der Waals surface area (Å²) < 4.78 is 7.64. The van der Waals surface area contributed by atoms with E-state index in [1.165, 1.54) is 0 Å². The third-order valence-corrected chi connectivity index (χ3v) is 5.01. The van der Waals surface area contributed by atoms with Gasteiger partial charge in [-0.25, -0.2) is 0 Å². The number of nitrogens with one attached hydrogen (secondary N) is 1. The first kappa shape index (κ1) is 18.7. The minimum atomic E-state index is -0.0751. The van der Waals surface area contributed by atoms with Crippen LogP contribution in [-0.2, 0) is 4.79 Å². The van der Waals surface area contributed by atoms with Gasteiger partial charge in [-0.1, -0.05) is 19.6 Å². The number of amides is 1. The van der Waals surface area contributed by atoms with Crippen LogP contribution in [0.2, 0.25) is 0 Å². The van der Waals surface area contributed by atoms with E-state index in [1.54, 1.807) is 11.0 Å². The zero-order valence-corrected chi connectivity index (χ0v) is 17.7. The van der Waals surface area contributed by atoms with Gasteiger partial charge in [0.15, 0.2) is 5.11 Å². The van der Waals surface area contributed by atoms with Gasteiger partial charge in [0.1, 0.15) is 18.1 Å². The molecule has 0 atom stereocenters. The molecule has 0 bridgehead atoms. The monoisotopic (exact) mass is 554 g/mol. The number of hydrogen-bond acceptors (Lipinski definition) is 3. The number of carbonyl (C=O) groups excluding carboxylic acids is 1. The molecule has 1 amide bonds. The maximum atomic E-state index is 12.4. The number of thiocarbonyl (C=S) groups is 1. The van der Waals surface area contributed by atoms with Gasteiger partial charge in [0, 0.05) is 6.54 Å². The SMILES string of the molecule is C=CCOc1c(I)cc(/C=C2\NC(=S)N(CCC)C2=O)cc1I. The fraction of sp³-hybridized carbons (Fsp3) is 0.250. The molecule has 1 heterocycles. The van der Waals surface area contributed by atoms with Gasteiger partial charge >= 0.3 is 0 Å². The standard InChI is InChI=1S/C16H16I2N2O2S/c1-3-5-20-15(21)13(19-16(20)23)9-10-7-11(17)14(12(18)8-10)22-6-4-2/h4,7-9H,2-3,5-6H2,1H3,(H,19,23)/b13-9-. The average molecular weight is 554 g/mol. The van der Waals surface area contributed by atoms with Crippen LogP contribution in [0.5, 0.6) is 5.75 Å². The maximum absolute atomic E-state index is 12.4. The van der Waals surface area contributed by atoms with Crippen LogP contribution in [0.1, 0.15) is 18.9 Å². The van der Waals surface area contributed by atoms with Crippen molar-refractivity contribution in [1.82, 2.24) is 10.2 Å². The van der Waals surface area contributed by atoms with Crippen LogP contribution in [0.25, 0.3) is 6.08 Å². The molecule has 0 spiro atoms. The highest BCUT2D eigenvalue weighted by Gasteiger charge is 2.29. The summed E-state index contributed by atoms with van der Waals surface area (Å²) in [6, 6.07) is 3.96. The second kappa shape index (κ2) is 8.43. The lowest BCUT2D eigenvalue weighted by molar-refractivity contribution is -0.122. The summed E-state index contributed by atoms with van der Waals surface area (Å²) in [4.78, 5) is 14.0. The van der Waals surface area contributed by atoms with E-state index in [0.717, 1.165) is 24.9 Å². The summed E-state index contributed by atoms with van der Waals surface area (Å²) in [5.41, 5.74) is 1.44. The van der Waals surface area contributed by atoms with Gasteiger partial charge in [0.25, 0.3) is 5.91 Å². The van der Waals surface area contributed by atoms with E-state index >= 15 is 0 Å². The summed E-state index contributed by atoms with van der Waals surface area (Å²) in [5.74, 6) is 0.760. The number of halogens is 2. The normalized spacial score (nSPS) is 16.0. The summed E-state index contributed by atoms with van der Waals surface area (Å²) in [7, 11) is 0. The van der Waals surface area contributed by atoms with E-state index in [2.05, 4.69) is 57.1 Å². The molecule has 0 aromatic heterocycles. The Labute approximate surface area is 168 Å². The number of ether oxygens (including phenoxy) is 1. The molecular formula is C16H16I2N2O2S. The number of nitrogens with zero attached hydrogens (tertiary/aromatic N) is 1. The van der Waals surface area contributed by atoms with Crippen LogP contribution in [-0.4, -0.2) is 29.1 Å². The lowest BCUT2D eigenvalue weighted by Gasteiger charge is -2.11. The summed E-state index contributed by atoms with van der Waals surface area (Å²) in [6.07, 6.45) is 4.41. The quantitative estimate of drug-likeness (QED) is 0.251. The molecule has 1 aromatic carbocycles. The third kappa shape index (κ3) is 4.44. The second-order valence-electron chi connectivity index (χ2n) is 4.86. The zero-order chi connectivity index (χ0) is 17.0. The van der Waals surface area contributed by atoms with Crippen LogP contribution < -0.4 is 10.1 Å². The minimum Gasteiger partial charge on any atom is -0.487 e. The molecule has 2 rings (SSSR count). The van der Waals surface area contributed by atoms with Gasteiger partial charge in [0.05, 0.1) is 7.14 Å². The van der Waals surface area contributed by atoms with Crippen molar-refractivity contribution in [3.63, 3.8) is 0 Å². The first-order valence-corrected chi connectivity index (χ1v) is 9.61. The highest BCUT2D eigenvalue weighted by Crippen LogP contribution is 2.30. The molecule has 1 saturated heterocycles. The molecule has 0 aliphatic carbocycles. The van der Waals surface area contributed by atoms with E-state index < -0.39 is 0 Å². The predicted molar refractivity (Wildman–Crippen MR) is 113 cm³/mol. The Morgan fingerprint density at radius 1 is 1.39 bits per heavy atom. The smallest absolute Gasteiger partial charge is 0.276 e. The molecular weight excluding hydrogens is 538 g/mol. The van der Waals surface area contributed by atoms with Crippen molar-refractivity contribution < 1.29 is 9.53 Å². The fourth-order valence-electron chi connectivity index (χ4n) is 2.11. The lowest BCUT2D eigenvalue weighted by atomic mass is 10.2. The van der Waals surface area contributed by atoms with Crippen molar-refractivity contribution in [2.75, 3.05) is 13.2 Å². The summed E-state index contributed by atoms with van der Waals surface area (Å²) in [6.45, 7) is 6.77. The number of rotatable bonds is 6. The Kier molecular flexibility index (Phi) is 6.84. The van der Waals surface area contributed by atoms with Gasteiger partial charge < -0.3 is 10.1 Å². The fourth-order valence-corrected chi connectivity index (χ4v) is 4.52. The van der Waals surface area contributed by atoms with E-state index in [4.69, 9.17) is 17.0 Å². The topological polar surface area (TPSA) is 41.6 Å². The van der Waals surface area contributed by atoms with Crippen LogP contribution in [0.4, 0.5) is 0 Å². The average Bonchev–Trinajstić information content (AvgIpc) is 2.74. The molecule has 0 radical (unpaired) electrons. The largest absolute Gasteiger partial charge is 0.487 e. The Morgan fingerprint density at radius 3 is 2.61 bits per heavy atom. The van der Waals surface area contributed by atoms with Crippen molar-refractivity contribution in [2.45, 2.75) is 13.3 Å². The van der Waals surface area contributed by atoms with E-state index in [9.17, 15) is 4.79 Å². The van der Waals surface area contributed by atoms with Crippen molar-refractivity contribution in [3.8, 4) is 5.75 Å². The molecule has 1 aromatic rings. The lowest BCUT2D eigenvalue weighted by Crippen LogP contribution is -2.31. The first-order valence-electron chi connectivity index (χ1n) is 7.05. The number of hydrogen-bond donors (Lipinski definition) is 1. The van der Waals surface area contributed by atoms with Crippen molar-refractivity contribution >= 4 is 74.5 Å². The molecule has 0 saturated carbocycles. The first-order chi connectivity index (χ1) is 11.0. The highest BCUT2D eigenvalue weighted by molar-refractivity contribution is 14.1. The molecule has 7 heteroatoms. The van der Waals surface area contributed by atoms with Crippen LogP contribution in [0, 0.1) is 7.14 Å². The molecule has 1 fully saturated rings. The van der Waals surface area contributed by atoms with Gasteiger partial charge in [-0.15, -0.1) is 0 Å². The molecule has 4 nitrogen and oxygen atoms in total. The van der Waals surface area contributed by atoms with Gasteiger partial charge in [0.2, 0.25) is 0 Å². The molecule has 1 aliphatic rings. The molecule has 1 N–H and O–H groups in total. The Hall–Kier alpha value is -0.680. The molecule has 1 aliphatic heterocycles. The number of carbonyl (C=O) groups is 1. The summed E-state index contributed by atoms with van der Waals surface area (Å²) >= 11 is 9.68. The van der Waals surface area contributed by atoms with Crippen LogP contribution in [0.3, 0.4) is 0 Å². The molecule has 0 unspecified atom stereocenters. The van der Waals surface area contributed by atoms with Gasteiger partial charge in [-0.05, 0) is 87.6 Å². The van der Waals surface area contributed by atoms with Crippen molar-refractivity contribution in [1.29, 1.82) is 0 Å². The Morgan fingerprint density at radius 2 is 2.04 bits per heavy atom. The van der Waals surface area contributed by atoms with E-state index in [0.29, 0.717) is 24.0 Å². The van der Waals surface area contributed by atoms with Crippen molar-refractivity contribution in [2.24, 2.45) is 0 Å². The Balaban J connectivity index is 2.28. The minimum absolute atomic E-state index is 0.0751. The predicted octanol–water partition coefficient (Wildman–Crippen LogP) is 3.93. The van der Waals surface area contributed by atoms with Gasteiger partial charge in [-0.3, -0.25) is 9.69 Å². The third-order valence-electron chi connectivity index (χ3n) is 3.09. The van der Waals surface area contributed by atoms with Crippen LogP contribution in [0.15, 0.2) is 30.5 Å². The second-order valence-corrected chi connectivity index (χ2v) is 7.57. The molecule has 23 heavy (non-hydrogen) atoms. The summed E-state index contributed by atoms with van der Waals surface area (Å²) in [5, 5.41) is 3.47. The maximum Gasteiger partial charge on any atom is 0.276 e. The van der Waals surface area contributed by atoms with E-state index in [-0.39, 0.29) is 5.91 Å². The highest BCUT2D eigenvalue weighted by atomic mass is 127. The number of benzene rings is 1. The van der Waals surface area contributed by atoms with E-state index in [1.807, 2.05) is 25.1 Å². The van der Waals surface area contributed by atoms with Crippen molar-refractivity contribution in [3.05, 3.63) is 43.2 Å². The van der Waals surface area contributed by atoms with Gasteiger partial charge in [-0.2, -0.15) is 0 Å².